The Bertz CT molecular complexity index is 198. The van der Waals surface area contributed by atoms with Crippen molar-refractivity contribution in [3.63, 3.8) is 0 Å². The maximum absolute atomic E-state index is 8.17. The fourth-order valence-electron chi connectivity index (χ4n) is 0.348. The number of rotatable bonds is 0. The van der Waals surface area contributed by atoms with Crippen molar-refractivity contribution in [3.8, 4) is 6.07 Å². The molecule has 0 N–H and O–H groups in total. The predicted octanol–water partition coefficient (Wildman–Crippen LogP) is 0.554. The maximum Gasteiger partial charge on any atom is 0.148 e. The van der Waals surface area contributed by atoms with E-state index in [9.17, 15) is 0 Å². The summed E-state index contributed by atoms with van der Waals surface area (Å²) in [7, 11) is 0. The zero-order valence-electron chi connectivity index (χ0n) is 4.05. The Kier molecular flexibility index (Phi) is 1.25. The molecule has 2 nitrogen and oxygen atoms in total. The van der Waals surface area contributed by atoms with E-state index in [-0.39, 0.29) is 5.69 Å². The molecule has 0 aliphatic carbocycles. The predicted molar refractivity (Wildman–Crippen MR) is 26.6 cm³/mol. The zero-order valence-corrected chi connectivity index (χ0v) is 4.05. The summed E-state index contributed by atoms with van der Waals surface area (Å²) in [6.45, 7) is 0. The molecule has 0 atom stereocenters. The van der Waals surface area contributed by atoms with Crippen LogP contribution in [0.1, 0.15) is 5.69 Å². The van der Waals surface area contributed by atoms with E-state index in [1.807, 2.05) is 6.07 Å². The van der Waals surface area contributed by atoms with Gasteiger partial charge in [-0.25, -0.2) is 4.98 Å². The summed E-state index contributed by atoms with van der Waals surface area (Å²) in [5.41, 5.74) is 0.285. The van der Waals surface area contributed by atoms with Crippen molar-refractivity contribution >= 4 is 0 Å². The van der Waals surface area contributed by atoms with Gasteiger partial charge in [0.25, 0.3) is 0 Å². The van der Waals surface area contributed by atoms with Crippen LogP contribution in [0.3, 0.4) is 0 Å². The van der Waals surface area contributed by atoms with E-state index >= 15 is 0 Å². The van der Waals surface area contributed by atoms with Crippen LogP contribution in [-0.2, 0) is 0 Å². The molecule has 0 amide bonds. The minimum Gasteiger partial charge on any atom is -0.245 e. The van der Waals surface area contributed by atoms with Gasteiger partial charge in [-0.05, 0) is 12.1 Å². The van der Waals surface area contributed by atoms with Gasteiger partial charge in [0.1, 0.15) is 11.8 Å². The molecule has 0 aliphatic rings. The second-order valence-corrected chi connectivity index (χ2v) is 1.17. The molecule has 8 heavy (non-hydrogen) atoms. The Morgan fingerprint density at radius 2 is 2.62 bits per heavy atom. The Balaban J connectivity index is 3.05. The van der Waals surface area contributed by atoms with Crippen LogP contribution in [0.25, 0.3) is 0 Å². The van der Waals surface area contributed by atoms with Crippen molar-refractivity contribution in [1.82, 2.24) is 4.98 Å². The summed E-state index contributed by atoms with van der Waals surface area (Å²) in [5.74, 6) is 0. The monoisotopic (exact) mass is 102 g/mol. The van der Waals surface area contributed by atoms with E-state index in [4.69, 9.17) is 5.26 Å². The summed E-state index contributed by atoms with van der Waals surface area (Å²) in [4.78, 5) is 3.65. The van der Waals surface area contributed by atoms with Crippen LogP contribution < -0.4 is 0 Å². The summed E-state index contributed by atoms with van der Waals surface area (Å²) in [6, 6.07) is 8.55. The molecule has 0 aromatic carbocycles. The van der Waals surface area contributed by atoms with Gasteiger partial charge in [-0.15, -0.1) is 0 Å². The Labute approximate surface area is 47.4 Å². The SMILES string of the molecule is N#Cc1[c][c]ccn1. The highest BCUT2D eigenvalue weighted by Gasteiger charge is 1.82. The van der Waals surface area contributed by atoms with Crippen molar-refractivity contribution < 1.29 is 0 Å². The molecule has 2 radical (unpaired) electrons. The lowest BCUT2D eigenvalue weighted by atomic mass is 10.4. The van der Waals surface area contributed by atoms with E-state index in [1.54, 1.807) is 6.07 Å². The van der Waals surface area contributed by atoms with Crippen LogP contribution >= 0.6 is 0 Å². The van der Waals surface area contributed by atoms with Crippen LogP contribution in [0.2, 0.25) is 0 Å². The molecule has 36 valence electrons. The van der Waals surface area contributed by atoms with Crippen molar-refractivity contribution in [3.05, 3.63) is 30.1 Å². The number of nitrogens with zero attached hydrogens (tertiary/aromatic N) is 2. The first kappa shape index (κ1) is 4.79. The van der Waals surface area contributed by atoms with Gasteiger partial charge in [-0.3, -0.25) is 0 Å². The van der Waals surface area contributed by atoms with Gasteiger partial charge < -0.3 is 0 Å². The quantitative estimate of drug-likeness (QED) is 0.479. The topological polar surface area (TPSA) is 36.7 Å². The minimum absolute atomic E-state index is 0.285. The van der Waals surface area contributed by atoms with Crippen molar-refractivity contribution in [2.75, 3.05) is 0 Å². The lowest BCUT2D eigenvalue weighted by Crippen LogP contribution is -1.76. The second-order valence-electron chi connectivity index (χ2n) is 1.17. The molecule has 1 rings (SSSR count). The molecule has 1 aromatic heterocycles. The summed E-state index contributed by atoms with van der Waals surface area (Å²) in [6.07, 6.45) is 1.51. The highest BCUT2D eigenvalue weighted by atomic mass is 14.7. The highest BCUT2D eigenvalue weighted by Crippen LogP contribution is 1.84. The molecular weight excluding hydrogens is 100 g/mol. The van der Waals surface area contributed by atoms with Crippen molar-refractivity contribution in [2.45, 2.75) is 0 Å². The standard InChI is InChI=1S/C6H2N2/c7-5-6-3-1-2-4-8-6/h2,4H. The third-order valence-electron chi connectivity index (χ3n) is 0.658. The fraction of sp³-hybridized carbons (Fsp3) is 0. The second kappa shape index (κ2) is 2.08. The zero-order chi connectivity index (χ0) is 5.82. The Hall–Kier alpha value is -1.36. The third kappa shape index (κ3) is 0.824. The molecular formula is C6H2N2. The summed E-state index contributed by atoms with van der Waals surface area (Å²) in [5, 5.41) is 8.17. The van der Waals surface area contributed by atoms with E-state index in [2.05, 4.69) is 17.1 Å². The molecule has 2 heteroatoms. The normalized spacial score (nSPS) is 7.88. The molecule has 0 spiro atoms. The van der Waals surface area contributed by atoms with Crippen LogP contribution in [0, 0.1) is 23.5 Å². The number of pyridine rings is 1. The highest BCUT2D eigenvalue weighted by molar-refractivity contribution is 5.15. The molecule has 0 bridgehead atoms. The maximum atomic E-state index is 8.17. The van der Waals surface area contributed by atoms with Crippen LogP contribution in [0.4, 0.5) is 0 Å². The largest absolute Gasteiger partial charge is 0.245 e. The van der Waals surface area contributed by atoms with Gasteiger partial charge in [-0.2, -0.15) is 5.26 Å². The number of aromatic nitrogens is 1. The number of hydrogen-bond donors (Lipinski definition) is 0. The van der Waals surface area contributed by atoms with Crippen molar-refractivity contribution in [2.24, 2.45) is 0 Å². The van der Waals surface area contributed by atoms with Gasteiger partial charge in [-0.1, -0.05) is 0 Å². The average Bonchev–Trinajstić information content (AvgIpc) is 1.90. The van der Waals surface area contributed by atoms with Gasteiger partial charge in [0.15, 0.2) is 0 Å². The lowest BCUT2D eigenvalue weighted by molar-refractivity contribution is 1.25. The number of hydrogen-bond acceptors (Lipinski definition) is 2. The van der Waals surface area contributed by atoms with Crippen LogP contribution in [0.15, 0.2) is 12.3 Å². The molecule has 0 saturated carbocycles. The van der Waals surface area contributed by atoms with Gasteiger partial charge in [0.2, 0.25) is 0 Å². The van der Waals surface area contributed by atoms with Crippen molar-refractivity contribution in [1.29, 1.82) is 5.26 Å². The molecule has 0 fully saturated rings. The molecule has 1 aromatic rings. The fourth-order valence-corrected chi connectivity index (χ4v) is 0.348. The van der Waals surface area contributed by atoms with Crippen LogP contribution in [-0.4, -0.2) is 4.98 Å². The number of nitriles is 1. The average molecular weight is 102 g/mol. The smallest absolute Gasteiger partial charge is 0.148 e. The third-order valence-corrected chi connectivity index (χ3v) is 0.658. The Morgan fingerprint density at radius 3 is 3.00 bits per heavy atom. The van der Waals surface area contributed by atoms with E-state index in [0.29, 0.717) is 0 Å². The summed E-state index contributed by atoms with van der Waals surface area (Å²) < 4.78 is 0. The molecule has 1 heterocycles. The minimum atomic E-state index is 0.285. The molecule has 0 saturated heterocycles. The Morgan fingerprint density at radius 1 is 1.75 bits per heavy atom. The lowest BCUT2D eigenvalue weighted by Gasteiger charge is -1.77. The van der Waals surface area contributed by atoms with E-state index in [1.165, 1.54) is 6.20 Å². The van der Waals surface area contributed by atoms with E-state index in [0.717, 1.165) is 0 Å². The van der Waals surface area contributed by atoms with E-state index < -0.39 is 0 Å². The van der Waals surface area contributed by atoms with Gasteiger partial charge >= 0.3 is 0 Å². The van der Waals surface area contributed by atoms with Gasteiger partial charge in [0.05, 0.1) is 0 Å². The van der Waals surface area contributed by atoms with Crippen LogP contribution in [0.5, 0.6) is 0 Å². The summed E-state index contributed by atoms with van der Waals surface area (Å²) >= 11 is 0. The molecule has 0 aliphatic heterocycles. The van der Waals surface area contributed by atoms with Gasteiger partial charge in [0, 0.05) is 12.3 Å². The first-order valence-electron chi connectivity index (χ1n) is 2.08. The molecule has 0 unspecified atom stereocenters. The first-order chi connectivity index (χ1) is 3.93. The first-order valence-corrected chi connectivity index (χ1v) is 2.08.